The van der Waals surface area contributed by atoms with Crippen molar-refractivity contribution in [1.82, 2.24) is 5.32 Å². The van der Waals surface area contributed by atoms with Crippen LogP contribution in [0, 0.1) is 0 Å². The molecule has 9 heteroatoms. The Kier molecular flexibility index (Phi) is 7.60. The molecule has 184 valence electrons. The first-order chi connectivity index (χ1) is 17.5. The summed E-state index contributed by atoms with van der Waals surface area (Å²) in [6.45, 7) is 2.45. The van der Waals surface area contributed by atoms with E-state index in [0.29, 0.717) is 23.5 Å². The summed E-state index contributed by atoms with van der Waals surface area (Å²) in [5.74, 6) is -0.795. The predicted molar refractivity (Wildman–Crippen MR) is 130 cm³/mol. The number of esters is 1. The highest BCUT2D eigenvalue weighted by atomic mass is 16.5. The molecule has 0 saturated carbocycles. The second-order valence-corrected chi connectivity index (χ2v) is 7.72. The molecule has 0 aliphatic carbocycles. The minimum atomic E-state index is -0.755. The van der Waals surface area contributed by atoms with Crippen molar-refractivity contribution in [3.63, 3.8) is 0 Å². The largest absolute Gasteiger partial charge is 0.494 e. The molecule has 0 fully saturated rings. The van der Waals surface area contributed by atoms with Gasteiger partial charge in [0.2, 0.25) is 0 Å². The van der Waals surface area contributed by atoms with Gasteiger partial charge in [-0.05, 0) is 61.5 Å². The van der Waals surface area contributed by atoms with Crippen molar-refractivity contribution >= 4 is 29.4 Å². The molecule has 1 N–H and O–H groups in total. The average molecular weight is 488 g/mol. The van der Waals surface area contributed by atoms with Gasteiger partial charge >= 0.3 is 5.97 Å². The van der Waals surface area contributed by atoms with Gasteiger partial charge in [0.1, 0.15) is 18.1 Å². The van der Waals surface area contributed by atoms with Gasteiger partial charge in [-0.1, -0.05) is 18.2 Å². The Morgan fingerprint density at radius 2 is 1.47 bits per heavy atom. The fraction of sp³-hybridized carbons (Fsp3) is 0.185. The predicted octanol–water partition coefficient (Wildman–Crippen LogP) is 3.24. The number of carbonyl (C=O) groups excluding carboxylic acids is 4. The summed E-state index contributed by atoms with van der Waals surface area (Å²) in [5, 5.41) is 2.61. The minimum Gasteiger partial charge on any atom is -0.494 e. The third-order valence-electron chi connectivity index (χ3n) is 5.30. The van der Waals surface area contributed by atoms with E-state index in [2.05, 4.69) is 5.32 Å². The zero-order chi connectivity index (χ0) is 25.5. The Morgan fingerprint density at radius 1 is 0.833 bits per heavy atom. The van der Waals surface area contributed by atoms with Crippen LogP contribution in [0.15, 0.2) is 72.8 Å². The molecule has 1 heterocycles. The zero-order valence-corrected chi connectivity index (χ0v) is 19.6. The van der Waals surface area contributed by atoms with Crippen LogP contribution in [0.25, 0.3) is 0 Å². The van der Waals surface area contributed by atoms with E-state index in [4.69, 9.17) is 14.2 Å². The van der Waals surface area contributed by atoms with Crippen LogP contribution in [0.3, 0.4) is 0 Å². The number of anilines is 1. The van der Waals surface area contributed by atoms with Gasteiger partial charge in [-0.3, -0.25) is 14.4 Å². The van der Waals surface area contributed by atoms with E-state index in [1.165, 1.54) is 18.2 Å². The van der Waals surface area contributed by atoms with Gasteiger partial charge < -0.3 is 19.5 Å². The normalized spacial score (nSPS) is 12.2. The lowest BCUT2D eigenvalue weighted by atomic mass is 10.1. The number of fused-ring (bicyclic) bond motifs is 1. The van der Waals surface area contributed by atoms with Crippen LogP contribution in [-0.2, 0) is 9.53 Å². The highest BCUT2D eigenvalue weighted by Gasteiger charge is 2.36. The first-order valence-electron chi connectivity index (χ1n) is 11.4. The number of benzene rings is 3. The SMILES string of the molecule is CCOc1ccc(OCCNC(=O)COC(=O)c2cccc(N3C(=O)c4ccccc4C3=O)c2)cc1. The summed E-state index contributed by atoms with van der Waals surface area (Å²) in [6.07, 6.45) is 0. The van der Waals surface area contributed by atoms with Gasteiger partial charge in [0, 0.05) is 0 Å². The Labute approximate surface area is 207 Å². The van der Waals surface area contributed by atoms with Crippen molar-refractivity contribution < 1.29 is 33.4 Å². The summed E-state index contributed by atoms with van der Waals surface area (Å²) in [7, 11) is 0. The zero-order valence-electron chi connectivity index (χ0n) is 19.6. The molecule has 3 aromatic carbocycles. The van der Waals surface area contributed by atoms with Crippen molar-refractivity contribution in [2.45, 2.75) is 6.92 Å². The smallest absolute Gasteiger partial charge is 0.338 e. The van der Waals surface area contributed by atoms with Crippen LogP contribution in [0.5, 0.6) is 11.5 Å². The molecule has 36 heavy (non-hydrogen) atoms. The maximum atomic E-state index is 12.7. The molecule has 0 unspecified atom stereocenters. The second-order valence-electron chi connectivity index (χ2n) is 7.72. The van der Waals surface area contributed by atoms with Crippen molar-refractivity contribution in [3.05, 3.63) is 89.5 Å². The molecule has 1 aliphatic rings. The van der Waals surface area contributed by atoms with Crippen molar-refractivity contribution in [3.8, 4) is 11.5 Å². The van der Waals surface area contributed by atoms with Crippen LogP contribution in [0.1, 0.15) is 38.0 Å². The summed E-state index contributed by atoms with van der Waals surface area (Å²) >= 11 is 0. The summed E-state index contributed by atoms with van der Waals surface area (Å²) in [5.41, 5.74) is 0.958. The number of nitrogens with zero attached hydrogens (tertiary/aromatic N) is 1. The first-order valence-corrected chi connectivity index (χ1v) is 11.4. The molecule has 9 nitrogen and oxygen atoms in total. The fourth-order valence-corrected chi connectivity index (χ4v) is 3.62. The van der Waals surface area contributed by atoms with E-state index in [-0.39, 0.29) is 24.4 Å². The fourth-order valence-electron chi connectivity index (χ4n) is 3.62. The number of hydrogen-bond donors (Lipinski definition) is 1. The van der Waals surface area contributed by atoms with Crippen molar-refractivity contribution in [1.29, 1.82) is 0 Å². The van der Waals surface area contributed by atoms with Gasteiger partial charge in [-0.2, -0.15) is 0 Å². The van der Waals surface area contributed by atoms with Crippen LogP contribution >= 0.6 is 0 Å². The number of nitrogens with one attached hydrogen (secondary N) is 1. The van der Waals surface area contributed by atoms with E-state index < -0.39 is 30.3 Å². The summed E-state index contributed by atoms with van der Waals surface area (Å²) in [6, 6.07) is 19.6. The Balaban J connectivity index is 1.25. The highest BCUT2D eigenvalue weighted by molar-refractivity contribution is 6.34. The van der Waals surface area contributed by atoms with Crippen LogP contribution in [0.2, 0.25) is 0 Å². The number of imide groups is 1. The van der Waals surface area contributed by atoms with E-state index in [1.54, 1.807) is 54.6 Å². The lowest BCUT2D eigenvalue weighted by molar-refractivity contribution is -0.124. The monoisotopic (exact) mass is 488 g/mol. The maximum absolute atomic E-state index is 12.7. The van der Waals surface area contributed by atoms with E-state index >= 15 is 0 Å². The lowest BCUT2D eigenvalue weighted by Gasteiger charge is -2.15. The summed E-state index contributed by atoms with van der Waals surface area (Å²) in [4.78, 5) is 50.9. The van der Waals surface area contributed by atoms with E-state index in [0.717, 1.165) is 10.6 Å². The standard InChI is InChI=1S/C27H24N2O7/c1-2-34-20-10-12-21(13-11-20)35-15-14-28-24(30)17-36-27(33)18-6-5-7-19(16-18)29-25(31)22-8-3-4-9-23(22)26(29)32/h3-13,16H,2,14-15,17H2,1H3,(H,28,30). The quantitative estimate of drug-likeness (QED) is 0.265. The molecule has 4 rings (SSSR count). The van der Waals surface area contributed by atoms with Crippen LogP contribution < -0.4 is 19.7 Å². The Bertz CT molecular complexity index is 1250. The lowest BCUT2D eigenvalue weighted by Crippen LogP contribution is -2.32. The van der Waals surface area contributed by atoms with Gasteiger partial charge in [0.05, 0.1) is 35.5 Å². The summed E-state index contributed by atoms with van der Waals surface area (Å²) < 4.78 is 16.0. The molecule has 0 atom stereocenters. The van der Waals surface area contributed by atoms with Gasteiger partial charge in [-0.25, -0.2) is 9.69 Å². The van der Waals surface area contributed by atoms with E-state index in [9.17, 15) is 19.2 Å². The third kappa shape index (κ3) is 5.52. The highest BCUT2D eigenvalue weighted by Crippen LogP contribution is 2.28. The number of amides is 3. The van der Waals surface area contributed by atoms with E-state index in [1.807, 2.05) is 6.92 Å². The molecule has 0 spiro atoms. The molecule has 3 aromatic rings. The second kappa shape index (κ2) is 11.2. The molecule has 1 aliphatic heterocycles. The molecular weight excluding hydrogens is 464 g/mol. The average Bonchev–Trinajstić information content (AvgIpc) is 3.16. The molecule has 0 bridgehead atoms. The Morgan fingerprint density at radius 3 is 2.11 bits per heavy atom. The number of ether oxygens (including phenoxy) is 3. The Hall–Kier alpha value is -4.66. The topological polar surface area (TPSA) is 111 Å². The molecule has 3 amide bonds. The molecular formula is C27H24N2O7. The van der Waals surface area contributed by atoms with Crippen LogP contribution in [0.4, 0.5) is 5.69 Å². The maximum Gasteiger partial charge on any atom is 0.338 e. The molecule has 0 aromatic heterocycles. The number of carbonyl (C=O) groups is 4. The minimum absolute atomic E-state index is 0.107. The number of hydrogen-bond acceptors (Lipinski definition) is 7. The van der Waals surface area contributed by atoms with Crippen molar-refractivity contribution in [2.75, 3.05) is 31.3 Å². The number of rotatable bonds is 10. The van der Waals surface area contributed by atoms with Gasteiger partial charge in [-0.15, -0.1) is 0 Å². The first kappa shape index (κ1) is 24.5. The van der Waals surface area contributed by atoms with Crippen LogP contribution in [-0.4, -0.2) is 50.1 Å². The third-order valence-corrected chi connectivity index (χ3v) is 5.30. The van der Waals surface area contributed by atoms with Gasteiger partial charge in [0.25, 0.3) is 17.7 Å². The molecule has 0 saturated heterocycles. The molecule has 0 radical (unpaired) electrons. The van der Waals surface area contributed by atoms with Crippen molar-refractivity contribution in [2.24, 2.45) is 0 Å². The van der Waals surface area contributed by atoms with Gasteiger partial charge in [0.15, 0.2) is 6.61 Å².